The Bertz CT molecular complexity index is 406. The zero-order valence-corrected chi connectivity index (χ0v) is 9.76. The van der Waals surface area contributed by atoms with Crippen LogP contribution < -0.4 is 5.32 Å². The van der Waals surface area contributed by atoms with E-state index in [1.54, 1.807) is 0 Å². The fourth-order valence-corrected chi connectivity index (χ4v) is 1.61. The van der Waals surface area contributed by atoms with Gasteiger partial charge in [-0.1, -0.05) is 0 Å². The van der Waals surface area contributed by atoms with Crippen molar-refractivity contribution in [3.8, 4) is 0 Å². The quantitative estimate of drug-likeness (QED) is 0.756. The van der Waals surface area contributed by atoms with Crippen LogP contribution >= 0.6 is 0 Å². The predicted octanol–water partition coefficient (Wildman–Crippen LogP) is 0.681. The number of nitrogens with one attached hydrogen (secondary N) is 1. The zero-order chi connectivity index (χ0) is 12.3. The van der Waals surface area contributed by atoms with Crippen LogP contribution in [0.1, 0.15) is 23.3 Å². The highest BCUT2D eigenvalue weighted by Crippen LogP contribution is 2.24. The Balaban J connectivity index is 1.81. The first-order valence-electron chi connectivity index (χ1n) is 5.66. The van der Waals surface area contributed by atoms with E-state index in [9.17, 15) is 4.79 Å². The van der Waals surface area contributed by atoms with E-state index in [0.29, 0.717) is 5.82 Å². The SMILES string of the molecule is CN(CCNc1cncc(C(=O)O)n1)C1CC1. The summed E-state index contributed by atoms with van der Waals surface area (Å²) in [5.74, 6) is -0.551. The van der Waals surface area contributed by atoms with Crippen LogP contribution in [0.15, 0.2) is 12.4 Å². The molecule has 0 saturated heterocycles. The van der Waals surface area contributed by atoms with Gasteiger partial charge in [-0.15, -0.1) is 0 Å². The van der Waals surface area contributed by atoms with Crippen LogP contribution in [0.3, 0.4) is 0 Å². The molecule has 6 heteroatoms. The van der Waals surface area contributed by atoms with Gasteiger partial charge in [-0.25, -0.2) is 9.78 Å². The first-order valence-corrected chi connectivity index (χ1v) is 5.66. The Hall–Kier alpha value is -1.69. The number of nitrogens with zero attached hydrogens (tertiary/aromatic N) is 3. The van der Waals surface area contributed by atoms with Gasteiger partial charge < -0.3 is 15.3 Å². The van der Waals surface area contributed by atoms with E-state index in [1.165, 1.54) is 25.2 Å². The van der Waals surface area contributed by atoms with Crippen molar-refractivity contribution in [1.29, 1.82) is 0 Å². The molecule has 0 radical (unpaired) electrons. The van der Waals surface area contributed by atoms with Gasteiger partial charge in [0.1, 0.15) is 5.82 Å². The molecular weight excluding hydrogens is 220 g/mol. The van der Waals surface area contributed by atoms with Gasteiger partial charge in [-0.05, 0) is 19.9 Å². The molecule has 1 aromatic rings. The number of rotatable bonds is 6. The third-order valence-corrected chi connectivity index (χ3v) is 2.79. The van der Waals surface area contributed by atoms with E-state index in [0.717, 1.165) is 19.1 Å². The average molecular weight is 236 g/mol. The summed E-state index contributed by atoms with van der Waals surface area (Å²) in [6.45, 7) is 1.66. The number of carboxylic acids is 1. The molecular formula is C11H16N4O2. The smallest absolute Gasteiger partial charge is 0.356 e. The second-order valence-corrected chi connectivity index (χ2v) is 4.23. The maximum atomic E-state index is 10.7. The monoisotopic (exact) mass is 236 g/mol. The van der Waals surface area contributed by atoms with E-state index >= 15 is 0 Å². The first kappa shape index (κ1) is 11.8. The molecule has 92 valence electrons. The van der Waals surface area contributed by atoms with Gasteiger partial charge >= 0.3 is 5.97 Å². The molecule has 1 fully saturated rings. The molecule has 2 N–H and O–H groups in total. The summed E-state index contributed by atoms with van der Waals surface area (Å²) in [7, 11) is 2.10. The van der Waals surface area contributed by atoms with Crippen LogP contribution in [-0.2, 0) is 0 Å². The van der Waals surface area contributed by atoms with E-state index < -0.39 is 5.97 Å². The van der Waals surface area contributed by atoms with Crippen molar-refractivity contribution in [2.24, 2.45) is 0 Å². The van der Waals surface area contributed by atoms with Crippen LogP contribution in [0.2, 0.25) is 0 Å². The van der Waals surface area contributed by atoms with Gasteiger partial charge in [-0.2, -0.15) is 0 Å². The van der Waals surface area contributed by atoms with Crippen LogP contribution in [-0.4, -0.2) is 52.1 Å². The topological polar surface area (TPSA) is 78.4 Å². The number of hydrogen-bond acceptors (Lipinski definition) is 5. The Morgan fingerprint density at radius 1 is 1.59 bits per heavy atom. The second-order valence-electron chi connectivity index (χ2n) is 4.23. The summed E-state index contributed by atoms with van der Waals surface area (Å²) in [5.41, 5.74) is -0.0365. The highest BCUT2D eigenvalue weighted by Gasteiger charge is 2.25. The molecule has 0 spiro atoms. The lowest BCUT2D eigenvalue weighted by molar-refractivity contribution is 0.0690. The minimum Gasteiger partial charge on any atom is -0.476 e. The summed E-state index contributed by atoms with van der Waals surface area (Å²) < 4.78 is 0. The number of anilines is 1. The van der Waals surface area contributed by atoms with E-state index in [2.05, 4.69) is 27.2 Å². The third-order valence-electron chi connectivity index (χ3n) is 2.79. The standard InChI is InChI=1S/C11H16N4O2/c1-15(8-2-3-8)5-4-13-10-7-12-6-9(14-10)11(16)17/h6-8H,2-5H2,1H3,(H,13,14)(H,16,17). The summed E-state index contributed by atoms with van der Waals surface area (Å²) in [6.07, 6.45) is 5.34. The number of carbonyl (C=O) groups is 1. The minimum absolute atomic E-state index is 0.0365. The van der Waals surface area contributed by atoms with Crippen molar-refractivity contribution < 1.29 is 9.90 Å². The maximum Gasteiger partial charge on any atom is 0.356 e. The van der Waals surface area contributed by atoms with Crippen molar-refractivity contribution >= 4 is 11.8 Å². The maximum absolute atomic E-state index is 10.7. The number of aromatic nitrogens is 2. The molecule has 1 heterocycles. The molecule has 0 unspecified atom stereocenters. The normalized spacial score (nSPS) is 14.9. The van der Waals surface area contributed by atoms with Crippen LogP contribution in [0.25, 0.3) is 0 Å². The molecule has 1 saturated carbocycles. The van der Waals surface area contributed by atoms with Gasteiger partial charge in [0.25, 0.3) is 0 Å². The van der Waals surface area contributed by atoms with Gasteiger partial charge in [0.2, 0.25) is 0 Å². The zero-order valence-electron chi connectivity index (χ0n) is 9.76. The summed E-state index contributed by atoms with van der Waals surface area (Å²) >= 11 is 0. The minimum atomic E-state index is -1.06. The Morgan fingerprint density at radius 3 is 3.00 bits per heavy atom. The summed E-state index contributed by atoms with van der Waals surface area (Å²) in [5, 5.41) is 11.8. The van der Waals surface area contributed by atoms with E-state index in [1.807, 2.05) is 0 Å². The molecule has 1 aliphatic carbocycles. The van der Waals surface area contributed by atoms with Crippen molar-refractivity contribution in [1.82, 2.24) is 14.9 Å². The molecule has 0 aromatic carbocycles. The van der Waals surface area contributed by atoms with E-state index in [4.69, 9.17) is 5.11 Å². The second kappa shape index (κ2) is 5.09. The number of carboxylic acid groups (broad SMARTS) is 1. The van der Waals surface area contributed by atoms with Crippen LogP contribution in [0.4, 0.5) is 5.82 Å². The predicted molar refractivity (Wildman–Crippen MR) is 63.1 cm³/mol. The van der Waals surface area contributed by atoms with Gasteiger partial charge in [0, 0.05) is 19.1 Å². The number of hydrogen-bond donors (Lipinski definition) is 2. The Kier molecular flexibility index (Phi) is 3.53. The average Bonchev–Trinajstić information content (AvgIpc) is 3.13. The van der Waals surface area contributed by atoms with Crippen molar-refractivity contribution in [3.05, 3.63) is 18.1 Å². The van der Waals surface area contributed by atoms with Crippen molar-refractivity contribution in [3.63, 3.8) is 0 Å². The molecule has 0 amide bonds. The summed E-state index contributed by atoms with van der Waals surface area (Å²) in [4.78, 5) is 20.8. The largest absolute Gasteiger partial charge is 0.476 e. The molecule has 1 aliphatic rings. The van der Waals surface area contributed by atoms with Crippen LogP contribution in [0.5, 0.6) is 0 Å². The lowest BCUT2D eigenvalue weighted by Gasteiger charge is -2.15. The molecule has 0 atom stereocenters. The molecule has 0 bridgehead atoms. The molecule has 1 aromatic heterocycles. The van der Waals surface area contributed by atoms with Gasteiger partial charge in [0.05, 0.1) is 12.4 Å². The highest BCUT2D eigenvalue weighted by molar-refractivity contribution is 5.85. The molecule has 0 aliphatic heterocycles. The Morgan fingerprint density at radius 2 is 2.35 bits per heavy atom. The lowest BCUT2D eigenvalue weighted by atomic mass is 10.4. The van der Waals surface area contributed by atoms with Crippen molar-refractivity contribution in [2.75, 3.05) is 25.5 Å². The van der Waals surface area contributed by atoms with Gasteiger partial charge in [0.15, 0.2) is 5.69 Å². The molecule has 2 rings (SSSR count). The Labute approximate surface area is 99.7 Å². The molecule has 6 nitrogen and oxygen atoms in total. The van der Waals surface area contributed by atoms with Gasteiger partial charge in [-0.3, -0.25) is 4.98 Å². The van der Waals surface area contributed by atoms with Crippen LogP contribution in [0, 0.1) is 0 Å². The fourth-order valence-electron chi connectivity index (χ4n) is 1.61. The number of likely N-dealkylation sites (N-methyl/N-ethyl adjacent to an activating group) is 1. The third kappa shape index (κ3) is 3.39. The number of aromatic carboxylic acids is 1. The van der Waals surface area contributed by atoms with E-state index in [-0.39, 0.29) is 5.69 Å². The van der Waals surface area contributed by atoms with Crippen molar-refractivity contribution in [2.45, 2.75) is 18.9 Å². The lowest BCUT2D eigenvalue weighted by Crippen LogP contribution is -2.27. The fraction of sp³-hybridized carbons (Fsp3) is 0.545. The first-order chi connectivity index (χ1) is 8.16. The highest BCUT2D eigenvalue weighted by atomic mass is 16.4. The summed E-state index contributed by atoms with van der Waals surface area (Å²) in [6, 6.07) is 0.730. The molecule has 17 heavy (non-hydrogen) atoms.